The number of anilines is 2. The molecule has 0 amide bonds. The van der Waals surface area contributed by atoms with Crippen molar-refractivity contribution in [1.82, 2.24) is 14.9 Å². The summed E-state index contributed by atoms with van der Waals surface area (Å²) in [5, 5.41) is 15.5. The zero-order valence-corrected chi connectivity index (χ0v) is 16.7. The van der Waals surface area contributed by atoms with Crippen molar-refractivity contribution < 1.29 is 4.92 Å². The van der Waals surface area contributed by atoms with Gasteiger partial charge in [0.05, 0.1) is 4.92 Å². The molecule has 0 bridgehead atoms. The topological polar surface area (TPSA) is 87.1 Å². The van der Waals surface area contributed by atoms with Crippen molar-refractivity contribution in [2.75, 3.05) is 18.4 Å². The molecule has 2 aromatic heterocycles. The van der Waals surface area contributed by atoms with Crippen molar-refractivity contribution in [2.24, 2.45) is 0 Å². The Morgan fingerprint density at radius 1 is 1.38 bits per heavy atom. The zero-order chi connectivity index (χ0) is 20.2. The molecule has 0 saturated carbocycles. The Hall–Kier alpha value is -2.93. The van der Waals surface area contributed by atoms with Crippen molar-refractivity contribution >= 4 is 28.1 Å². The fourth-order valence-corrected chi connectivity index (χ4v) is 4.24. The molecule has 1 saturated heterocycles. The summed E-state index contributed by atoms with van der Waals surface area (Å²) < 4.78 is 0. The zero-order valence-electron chi connectivity index (χ0n) is 16.7. The average molecular weight is 393 g/mol. The van der Waals surface area contributed by atoms with Crippen LogP contribution in [0.25, 0.3) is 10.9 Å². The fraction of sp³-hybridized carbons (Fsp3) is 0.409. The molecule has 29 heavy (non-hydrogen) atoms. The summed E-state index contributed by atoms with van der Waals surface area (Å²) >= 11 is 0. The molecule has 2 N–H and O–H groups in total. The highest BCUT2D eigenvalue weighted by Gasteiger charge is 2.25. The monoisotopic (exact) mass is 393 g/mol. The van der Waals surface area contributed by atoms with E-state index in [1.807, 2.05) is 12.1 Å². The molecular weight excluding hydrogens is 366 g/mol. The molecule has 7 nitrogen and oxygen atoms in total. The molecular formula is C22H27N5O2. The molecule has 152 valence electrons. The number of benzene rings is 1. The van der Waals surface area contributed by atoms with Gasteiger partial charge in [0.1, 0.15) is 0 Å². The SMILES string of the molecule is CCCCN1CCCC1Cc1c[nH]c2ccc(Nc3ncccc3[N+](=O)[O-])cc12. The second-order valence-corrected chi connectivity index (χ2v) is 7.72. The maximum Gasteiger partial charge on any atom is 0.311 e. The smallest absolute Gasteiger partial charge is 0.311 e. The molecule has 1 fully saturated rings. The third-order valence-electron chi connectivity index (χ3n) is 5.77. The lowest BCUT2D eigenvalue weighted by molar-refractivity contribution is -0.384. The first-order valence-electron chi connectivity index (χ1n) is 10.4. The van der Waals surface area contributed by atoms with Gasteiger partial charge in [-0.1, -0.05) is 13.3 Å². The first kappa shape index (κ1) is 19.4. The molecule has 1 atom stereocenters. The molecule has 1 unspecified atom stereocenters. The lowest BCUT2D eigenvalue weighted by Crippen LogP contribution is -2.31. The molecule has 1 aliphatic heterocycles. The third kappa shape index (κ3) is 4.24. The first-order valence-corrected chi connectivity index (χ1v) is 10.4. The number of nitro groups is 1. The molecule has 3 heterocycles. The highest BCUT2D eigenvalue weighted by molar-refractivity contribution is 5.87. The van der Waals surface area contributed by atoms with Gasteiger partial charge >= 0.3 is 5.69 Å². The number of hydrogen-bond donors (Lipinski definition) is 2. The van der Waals surface area contributed by atoms with Crippen molar-refractivity contribution in [3.63, 3.8) is 0 Å². The van der Waals surface area contributed by atoms with Gasteiger partial charge in [-0.2, -0.15) is 0 Å². The van der Waals surface area contributed by atoms with Crippen LogP contribution in [0.2, 0.25) is 0 Å². The van der Waals surface area contributed by atoms with Crippen LogP contribution in [0.4, 0.5) is 17.2 Å². The number of H-pyrrole nitrogens is 1. The minimum absolute atomic E-state index is 0.0283. The highest BCUT2D eigenvalue weighted by atomic mass is 16.6. The van der Waals surface area contributed by atoms with Crippen molar-refractivity contribution in [3.8, 4) is 0 Å². The number of unbranched alkanes of at least 4 members (excludes halogenated alkanes) is 1. The number of pyridine rings is 1. The van der Waals surface area contributed by atoms with Gasteiger partial charge < -0.3 is 15.2 Å². The normalized spacial score (nSPS) is 17.1. The lowest BCUT2D eigenvalue weighted by Gasteiger charge is -2.24. The summed E-state index contributed by atoms with van der Waals surface area (Å²) in [7, 11) is 0. The van der Waals surface area contributed by atoms with E-state index in [4.69, 9.17) is 0 Å². The van der Waals surface area contributed by atoms with E-state index in [-0.39, 0.29) is 11.5 Å². The number of nitrogens with one attached hydrogen (secondary N) is 2. The highest BCUT2D eigenvalue weighted by Crippen LogP contribution is 2.30. The van der Waals surface area contributed by atoms with Crippen LogP contribution < -0.4 is 5.32 Å². The van der Waals surface area contributed by atoms with Crippen LogP contribution in [0.3, 0.4) is 0 Å². The summed E-state index contributed by atoms with van der Waals surface area (Å²) in [5.41, 5.74) is 3.15. The number of aromatic nitrogens is 2. The van der Waals surface area contributed by atoms with Crippen LogP contribution in [-0.4, -0.2) is 38.9 Å². The van der Waals surface area contributed by atoms with Crippen LogP contribution in [0.5, 0.6) is 0 Å². The molecule has 0 radical (unpaired) electrons. The summed E-state index contributed by atoms with van der Waals surface area (Å²) in [5.74, 6) is 0.260. The molecule has 3 aromatic rings. The summed E-state index contributed by atoms with van der Waals surface area (Å²) in [4.78, 5) is 21.0. The largest absolute Gasteiger partial charge is 0.361 e. The van der Waals surface area contributed by atoms with Crippen LogP contribution in [0, 0.1) is 10.1 Å². The Morgan fingerprint density at radius 3 is 3.10 bits per heavy atom. The van der Waals surface area contributed by atoms with Gasteiger partial charge in [0.25, 0.3) is 0 Å². The maximum absolute atomic E-state index is 11.3. The molecule has 4 rings (SSSR count). The van der Waals surface area contributed by atoms with Gasteiger partial charge in [-0.25, -0.2) is 4.98 Å². The third-order valence-corrected chi connectivity index (χ3v) is 5.77. The van der Waals surface area contributed by atoms with Gasteiger partial charge in [0, 0.05) is 41.1 Å². The van der Waals surface area contributed by atoms with Crippen molar-refractivity contribution in [1.29, 1.82) is 0 Å². The van der Waals surface area contributed by atoms with Crippen LogP contribution in [-0.2, 0) is 6.42 Å². The molecule has 1 aromatic carbocycles. The summed E-state index contributed by atoms with van der Waals surface area (Å²) in [6.07, 6.45) is 9.68. The summed E-state index contributed by atoms with van der Waals surface area (Å²) in [6, 6.07) is 9.62. The van der Waals surface area contributed by atoms with Gasteiger partial charge in [0.2, 0.25) is 5.82 Å². The van der Waals surface area contributed by atoms with Crippen molar-refractivity contribution in [2.45, 2.75) is 45.1 Å². The molecule has 1 aliphatic rings. The van der Waals surface area contributed by atoms with Gasteiger partial charge in [-0.15, -0.1) is 0 Å². The Bertz CT molecular complexity index is 1000. The van der Waals surface area contributed by atoms with E-state index in [1.165, 1.54) is 50.4 Å². The van der Waals surface area contributed by atoms with E-state index >= 15 is 0 Å². The number of aromatic amines is 1. The minimum Gasteiger partial charge on any atom is -0.361 e. The number of hydrogen-bond acceptors (Lipinski definition) is 5. The molecule has 0 spiro atoms. The number of fused-ring (bicyclic) bond motifs is 1. The number of rotatable bonds is 8. The number of nitrogens with zero attached hydrogens (tertiary/aromatic N) is 3. The quantitative estimate of drug-likeness (QED) is 0.414. The predicted molar refractivity (Wildman–Crippen MR) is 116 cm³/mol. The van der Waals surface area contributed by atoms with Crippen LogP contribution in [0.15, 0.2) is 42.7 Å². The standard InChI is InChI=1S/C22H27N5O2/c1-2-3-11-26-12-5-6-18(26)13-16-15-24-20-9-8-17(14-19(16)20)25-22-21(27(28)29)7-4-10-23-22/h4,7-10,14-15,18,24H,2-3,5-6,11-13H2,1H3,(H,23,25). The van der Waals surface area contributed by atoms with E-state index in [0.717, 1.165) is 23.0 Å². The maximum atomic E-state index is 11.3. The summed E-state index contributed by atoms with van der Waals surface area (Å²) in [6.45, 7) is 4.62. The lowest BCUT2D eigenvalue weighted by atomic mass is 10.0. The fourth-order valence-electron chi connectivity index (χ4n) is 4.24. The Kier molecular flexibility index (Phi) is 5.76. The van der Waals surface area contributed by atoms with Gasteiger partial charge in [-0.3, -0.25) is 10.1 Å². The van der Waals surface area contributed by atoms with E-state index in [9.17, 15) is 10.1 Å². The Balaban J connectivity index is 1.56. The average Bonchev–Trinajstić information content (AvgIpc) is 3.34. The van der Waals surface area contributed by atoms with Crippen LogP contribution in [0.1, 0.15) is 38.2 Å². The Labute approximate surface area is 170 Å². The van der Waals surface area contributed by atoms with Crippen LogP contribution >= 0.6 is 0 Å². The van der Waals surface area contributed by atoms with E-state index in [2.05, 4.69) is 39.4 Å². The van der Waals surface area contributed by atoms with E-state index in [1.54, 1.807) is 12.3 Å². The van der Waals surface area contributed by atoms with E-state index in [0.29, 0.717) is 6.04 Å². The van der Waals surface area contributed by atoms with Gasteiger partial charge in [0.15, 0.2) is 0 Å². The second kappa shape index (κ2) is 8.61. The van der Waals surface area contributed by atoms with Crippen molar-refractivity contribution in [3.05, 3.63) is 58.4 Å². The molecule has 7 heteroatoms. The van der Waals surface area contributed by atoms with E-state index < -0.39 is 4.92 Å². The first-order chi connectivity index (χ1) is 14.2. The predicted octanol–water partition coefficient (Wildman–Crippen LogP) is 5.02. The molecule has 0 aliphatic carbocycles. The second-order valence-electron chi connectivity index (χ2n) is 7.72. The van der Waals surface area contributed by atoms with Gasteiger partial charge in [-0.05, 0) is 68.6 Å². The minimum atomic E-state index is -0.416. The Morgan fingerprint density at radius 2 is 2.28 bits per heavy atom. The number of likely N-dealkylation sites (tertiary alicyclic amines) is 1.